The molecule has 1 aliphatic heterocycles. The number of ether oxygens (including phenoxy) is 1. The highest BCUT2D eigenvalue weighted by Crippen LogP contribution is 2.33. The number of allylic oxidation sites excluding steroid dienone is 1. The van der Waals surface area contributed by atoms with Crippen LogP contribution in [-0.2, 0) is 17.8 Å². The van der Waals surface area contributed by atoms with Crippen LogP contribution in [0.5, 0.6) is 5.75 Å². The van der Waals surface area contributed by atoms with Gasteiger partial charge < -0.3 is 9.64 Å². The number of fused-ring (bicyclic) bond motifs is 1. The fourth-order valence-electron chi connectivity index (χ4n) is 3.23. The van der Waals surface area contributed by atoms with E-state index in [0.717, 1.165) is 11.1 Å². The number of alkyl halides is 2. The molecule has 6 nitrogen and oxygen atoms in total. The maximum absolute atomic E-state index is 12.7. The lowest BCUT2D eigenvalue weighted by atomic mass is 9.95. The number of carbonyl (C=O) groups is 2. The number of carbonyl (C=O) groups excluding carboxylic acids is 2. The molecule has 1 aliphatic carbocycles. The summed E-state index contributed by atoms with van der Waals surface area (Å²) >= 11 is 12.2. The van der Waals surface area contributed by atoms with E-state index in [1.807, 2.05) is 0 Å². The average Bonchev–Trinajstić information content (AvgIpc) is 2.97. The van der Waals surface area contributed by atoms with Gasteiger partial charge >= 0.3 is 0 Å². The van der Waals surface area contributed by atoms with Crippen molar-refractivity contribution in [1.29, 1.82) is 0 Å². The van der Waals surface area contributed by atoms with E-state index in [9.17, 15) is 9.59 Å². The Morgan fingerprint density at radius 3 is 2.72 bits per heavy atom. The highest BCUT2D eigenvalue weighted by molar-refractivity contribution is 6.32. The van der Waals surface area contributed by atoms with Gasteiger partial charge in [-0.05, 0) is 30.5 Å². The predicted octanol–water partition coefficient (Wildman–Crippen LogP) is 2.24. The van der Waals surface area contributed by atoms with Gasteiger partial charge in [0, 0.05) is 29.8 Å². The molecule has 134 valence electrons. The maximum Gasteiger partial charge on any atom is 0.274 e. The number of rotatable bonds is 3. The molecule has 1 heterocycles. The van der Waals surface area contributed by atoms with Crippen molar-refractivity contribution in [2.45, 2.75) is 30.1 Å². The number of methoxy groups -OCH3 is 1. The zero-order valence-corrected chi connectivity index (χ0v) is 15.1. The largest absolute Gasteiger partial charge is 0.496 e. The lowest BCUT2D eigenvalue weighted by Gasteiger charge is -2.30. The number of hydrogen-bond acceptors (Lipinski definition) is 4. The second kappa shape index (κ2) is 7.23. The average molecular weight is 385 g/mol. The monoisotopic (exact) mass is 384 g/mol. The Morgan fingerprint density at radius 1 is 1.36 bits per heavy atom. The number of benzene rings is 1. The number of hydroxylamine groups is 1. The molecular weight excluding hydrogens is 367 g/mol. The summed E-state index contributed by atoms with van der Waals surface area (Å²) in [5.74, 6) is -0.157. The Morgan fingerprint density at radius 2 is 2.12 bits per heavy atom. The Balaban J connectivity index is 1.85. The zero-order chi connectivity index (χ0) is 18.1. The van der Waals surface area contributed by atoms with Crippen molar-refractivity contribution in [2.75, 3.05) is 13.7 Å². The van der Waals surface area contributed by atoms with Gasteiger partial charge in [-0.15, -0.1) is 23.2 Å². The number of nitrogens with one attached hydrogen (secondary N) is 1. The molecule has 2 N–H and O–H groups in total. The lowest BCUT2D eigenvalue weighted by molar-refractivity contribution is -0.128. The van der Waals surface area contributed by atoms with Gasteiger partial charge in [0.05, 0.1) is 17.9 Å². The summed E-state index contributed by atoms with van der Waals surface area (Å²) in [7, 11) is 1.51. The molecule has 0 bridgehead atoms. The van der Waals surface area contributed by atoms with Gasteiger partial charge in [0.25, 0.3) is 5.91 Å². The quantitative estimate of drug-likeness (QED) is 0.475. The summed E-state index contributed by atoms with van der Waals surface area (Å²) < 4.78 is 5.38. The van der Waals surface area contributed by atoms with E-state index < -0.39 is 5.91 Å². The minimum Gasteiger partial charge on any atom is -0.496 e. The molecule has 1 aromatic rings. The molecule has 2 aliphatic rings. The highest BCUT2D eigenvalue weighted by atomic mass is 35.5. The fraction of sp³-hybridized carbons (Fsp3) is 0.412. The first kappa shape index (κ1) is 18.0. The Kier molecular flexibility index (Phi) is 5.22. The Hall–Kier alpha value is -1.76. The molecule has 0 radical (unpaired) electrons. The van der Waals surface area contributed by atoms with Crippen molar-refractivity contribution < 1.29 is 19.5 Å². The van der Waals surface area contributed by atoms with Crippen molar-refractivity contribution in [3.05, 3.63) is 40.5 Å². The number of hydrogen-bond donors (Lipinski definition) is 2. The molecule has 3 rings (SSSR count). The van der Waals surface area contributed by atoms with Crippen LogP contribution in [0.25, 0.3) is 0 Å². The molecule has 0 fully saturated rings. The van der Waals surface area contributed by atoms with Crippen molar-refractivity contribution in [1.82, 2.24) is 10.4 Å². The molecular formula is C17H18Cl2N2O4. The van der Waals surface area contributed by atoms with Gasteiger partial charge in [-0.2, -0.15) is 0 Å². The minimum atomic E-state index is -0.600. The first-order valence-corrected chi connectivity index (χ1v) is 8.74. The maximum atomic E-state index is 12.7. The first-order chi connectivity index (χ1) is 11.9. The number of nitrogens with zero attached hydrogens (tertiary/aromatic N) is 1. The molecule has 0 spiro atoms. The van der Waals surface area contributed by atoms with Crippen LogP contribution in [0.1, 0.15) is 27.9 Å². The molecule has 2 atom stereocenters. The van der Waals surface area contributed by atoms with Crippen molar-refractivity contribution >= 4 is 35.0 Å². The van der Waals surface area contributed by atoms with Crippen LogP contribution in [0.4, 0.5) is 0 Å². The van der Waals surface area contributed by atoms with Gasteiger partial charge in [0.15, 0.2) is 0 Å². The van der Waals surface area contributed by atoms with Gasteiger partial charge in [0.2, 0.25) is 5.91 Å². The van der Waals surface area contributed by atoms with Crippen molar-refractivity contribution in [3.63, 3.8) is 0 Å². The van der Waals surface area contributed by atoms with Gasteiger partial charge in [-0.3, -0.25) is 14.8 Å². The summed E-state index contributed by atoms with van der Waals surface area (Å²) in [5, 5.41) is 8.23. The standard InChI is InChI=1S/C17H18Cl2N2O4/c1-25-15-7-10(16(22)20-24)4-9-2-3-21(8-12(9)15)17(23)11-5-13(18)14(19)6-11/h4-5,7,13-14,24H,2-3,6,8H2,1H3,(H,20,22). The summed E-state index contributed by atoms with van der Waals surface area (Å²) in [5.41, 5.74) is 4.35. The number of halogens is 2. The van der Waals surface area contributed by atoms with Crippen LogP contribution in [0.2, 0.25) is 0 Å². The third kappa shape index (κ3) is 3.47. The second-order valence-corrected chi connectivity index (χ2v) is 7.15. The van der Waals surface area contributed by atoms with Crippen LogP contribution >= 0.6 is 23.2 Å². The summed E-state index contributed by atoms with van der Waals surface area (Å²) in [4.78, 5) is 26.1. The van der Waals surface area contributed by atoms with E-state index in [1.54, 1.807) is 28.6 Å². The fourth-order valence-corrected chi connectivity index (χ4v) is 3.71. The molecule has 0 saturated carbocycles. The van der Waals surface area contributed by atoms with E-state index in [-0.39, 0.29) is 16.7 Å². The normalized spacial score (nSPS) is 22.2. The Bertz CT molecular complexity index is 733. The molecule has 1 aromatic carbocycles. The molecule has 2 amide bonds. The predicted molar refractivity (Wildman–Crippen MR) is 93.3 cm³/mol. The number of amides is 2. The van der Waals surface area contributed by atoms with E-state index in [0.29, 0.717) is 42.8 Å². The van der Waals surface area contributed by atoms with Crippen molar-refractivity contribution in [2.24, 2.45) is 0 Å². The van der Waals surface area contributed by atoms with Gasteiger partial charge in [-0.1, -0.05) is 6.08 Å². The van der Waals surface area contributed by atoms with Crippen LogP contribution < -0.4 is 10.2 Å². The third-order valence-electron chi connectivity index (χ3n) is 4.57. The van der Waals surface area contributed by atoms with Crippen LogP contribution in [0, 0.1) is 0 Å². The van der Waals surface area contributed by atoms with Gasteiger partial charge in [-0.25, -0.2) is 5.48 Å². The van der Waals surface area contributed by atoms with E-state index in [1.165, 1.54) is 7.11 Å². The molecule has 25 heavy (non-hydrogen) atoms. The van der Waals surface area contributed by atoms with Crippen molar-refractivity contribution in [3.8, 4) is 5.75 Å². The Labute approximate surface area is 155 Å². The van der Waals surface area contributed by atoms with Gasteiger partial charge in [0.1, 0.15) is 5.75 Å². The van der Waals surface area contributed by atoms with E-state index >= 15 is 0 Å². The molecule has 8 heteroatoms. The van der Waals surface area contributed by atoms with Crippen LogP contribution in [-0.4, -0.2) is 46.3 Å². The highest BCUT2D eigenvalue weighted by Gasteiger charge is 2.32. The molecule has 0 saturated heterocycles. The smallest absolute Gasteiger partial charge is 0.274 e. The van der Waals surface area contributed by atoms with E-state index in [4.69, 9.17) is 33.1 Å². The third-order valence-corrected chi connectivity index (χ3v) is 5.55. The minimum absolute atomic E-state index is 0.0707. The summed E-state index contributed by atoms with van der Waals surface area (Å²) in [6.07, 6.45) is 2.78. The van der Waals surface area contributed by atoms with Crippen LogP contribution in [0.3, 0.4) is 0 Å². The SMILES string of the molecule is COc1cc(C(=O)NO)cc2c1CN(C(=O)C1=CC(Cl)C(Cl)C1)CC2. The molecule has 0 aromatic heterocycles. The lowest BCUT2D eigenvalue weighted by Crippen LogP contribution is -2.37. The zero-order valence-electron chi connectivity index (χ0n) is 13.6. The van der Waals surface area contributed by atoms with Crippen LogP contribution in [0.15, 0.2) is 23.8 Å². The molecule has 2 unspecified atom stereocenters. The first-order valence-electron chi connectivity index (χ1n) is 7.87. The summed E-state index contributed by atoms with van der Waals surface area (Å²) in [6, 6.07) is 3.26. The second-order valence-electron chi connectivity index (χ2n) is 6.09. The van der Waals surface area contributed by atoms with E-state index in [2.05, 4.69) is 0 Å². The summed E-state index contributed by atoms with van der Waals surface area (Å²) in [6.45, 7) is 0.909. The topological polar surface area (TPSA) is 78.9 Å².